The van der Waals surface area contributed by atoms with Crippen molar-refractivity contribution in [3.63, 3.8) is 0 Å². The van der Waals surface area contributed by atoms with Crippen molar-refractivity contribution in [1.82, 2.24) is 0 Å². The van der Waals surface area contributed by atoms with E-state index in [0.29, 0.717) is 18.8 Å². The van der Waals surface area contributed by atoms with Gasteiger partial charge in [0.05, 0.1) is 24.3 Å². The molecule has 1 aromatic rings. The van der Waals surface area contributed by atoms with Gasteiger partial charge in [-0.05, 0) is 24.3 Å². The van der Waals surface area contributed by atoms with Crippen LogP contribution in [-0.2, 0) is 9.84 Å². The zero-order valence-electron chi connectivity index (χ0n) is 11.2. The molecule has 20 heavy (non-hydrogen) atoms. The first kappa shape index (κ1) is 16.1. The van der Waals surface area contributed by atoms with Crippen molar-refractivity contribution in [1.29, 1.82) is 0 Å². The molecule has 0 fully saturated rings. The molecule has 0 bridgehead atoms. The number of aliphatic imine (C=N–C) groups is 1. The summed E-state index contributed by atoms with van der Waals surface area (Å²) in [6.07, 6.45) is 1.33. The fraction of sp³-hybridized carbons (Fsp3) is 0.333. The molecule has 1 rings (SSSR count). The van der Waals surface area contributed by atoms with E-state index in [4.69, 9.17) is 16.3 Å². The molecule has 0 spiro atoms. The van der Waals surface area contributed by atoms with E-state index >= 15 is 0 Å². The molecular formula is C12H18N4O3S. The lowest BCUT2D eigenvalue weighted by atomic mass is 10.3. The van der Waals surface area contributed by atoms with Gasteiger partial charge >= 0.3 is 0 Å². The molecule has 0 aliphatic heterocycles. The summed E-state index contributed by atoms with van der Waals surface area (Å²) in [4.78, 5) is 4.09. The summed E-state index contributed by atoms with van der Waals surface area (Å²) in [5.74, 6) is 5.44. The lowest BCUT2D eigenvalue weighted by molar-refractivity contribution is 0.414. The second-order valence-electron chi connectivity index (χ2n) is 3.88. The van der Waals surface area contributed by atoms with Gasteiger partial charge in [-0.25, -0.2) is 8.42 Å². The van der Waals surface area contributed by atoms with E-state index in [9.17, 15) is 8.42 Å². The highest BCUT2D eigenvalue weighted by Crippen LogP contribution is 2.16. The average Bonchev–Trinajstić information content (AvgIpc) is 2.46. The molecule has 0 saturated heterocycles. The minimum atomic E-state index is -3.52. The Morgan fingerprint density at radius 1 is 1.35 bits per heavy atom. The highest BCUT2D eigenvalue weighted by atomic mass is 32.2. The molecule has 7 nitrogen and oxygen atoms in total. The highest BCUT2D eigenvalue weighted by molar-refractivity contribution is 7.92. The first-order chi connectivity index (χ1) is 9.53. The number of ether oxygens (including phenoxy) is 1. The first-order valence-electron chi connectivity index (χ1n) is 5.87. The molecule has 0 amide bonds. The number of methoxy groups -OCH3 is 1. The summed E-state index contributed by atoms with van der Waals surface area (Å²) in [6.45, 7) is 0.765. The van der Waals surface area contributed by atoms with Crippen LogP contribution in [0.4, 0.5) is 0 Å². The first-order valence-corrected chi connectivity index (χ1v) is 7.52. The molecule has 0 unspecified atom stereocenters. The van der Waals surface area contributed by atoms with Crippen LogP contribution < -0.4 is 16.3 Å². The lowest BCUT2D eigenvalue weighted by Crippen LogP contribution is -2.19. The molecule has 0 aromatic heterocycles. The van der Waals surface area contributed by atoms with Crippen molar-refractivity contribution in [3.8, 4) is 5.75 Å². The number of hydrazone groups is 1. The molecule has 0 atom stereocenters. The van der Waals surface area contributed by atoms with Gasteiger partial charge in [0.15, 0.2) is 9.84 Å². The molecule has 0 saturated carbocycles. The summed E-state index contributed by atoms with van der Waals surface area (Å²) < 4.78 is 29.3. The van der Waals surface area contributed by atoms with Crippen molar-refractivity contribution in [2.24, 2.45) is 21.7 Å². The summed E-state index contributed by atoms with van der Waals surface area (Å²) in [6, 6.07) is 6.10. The smallest absolute Gasteiger partial charge is 0.184 e. The monoisotopic (exact) mass is 298 g/mol. The van der Waals surface area contributed by atoms with Crippen molar-refractivity contribution >= 4 is 21.8 Å². The second kappa shape index (κ2) is 7.61. The number of sulfone groups is 1. The molecule has 0 aliphatic carbocycles. The van der Waals surface area contributed by atoms with E-state index in [1.54, 1.807) is 12.1 Å². The average molecular weight is 298 g/mol. The van der Waals surface area contributed by atoms with Gasteiger partial charge in [-0.15, -0.1) is 0 Å². The Morgan fingerprint density at radius 3 is 2.50 bits per heavy atom. The van der Waals surface area contributed by atoms with Crippen LogP contribution in [0, 0.1) is 0 Å². The fourth-order valence-electron chi connectivity index (χ4n) is 1.41. The summed E-state index contributed by atoms with van der Waals surface area (Å²) in [5.41, 5.74) is 5.46. The van der Waals surface area contributed by atoms with Crippen LogP contribution in [0.15, 0.2) is 39.3 Å². The third-order valence-corrected chi connectivity index (χ3v) is 4.09. The van der Waals surface area contributed by atoms with Crippen molar-refractivity contribution < 1.29 is 13.2 Å². The number of hydrogen-bond acceptors (Lipinski definition) is 7. The Hall–Kier alpha value is -1.93. The van der Waals surface area contributed by atoms with Crippen LogP contribution in [0.5, 0.6) is 5.75 Å². The third kappa shape index (κ3) is 4.63. The van der Waals surface area contributed by atoms with Gasteiger partial charge in [-0.1, -0.05) is 0 Å². The Kier molecular flexibility index (Phi) is 6.13. The standard InChI is InChI=1S/C12H18N4O3S/c1-19-11-2-4-12(5-3-11)20(17,18)9-10(16-14)8-15-7-6-13/h2-5,8H,6-7,9,13-14H2,1H3/b15-8?,16-10+. The van der Waals surface area contributed by atoms with Crippen LogP contribution in [0.2, 0.25) is 0 Å². The Labute approximate surface area is 118 Å². The van der Waals surface area contributed by atoms with Crippen LogP contribution >= 0.6 is 0 Å². The van der Waals surface area contributed by atoms with Gasteiger partial charge in [-0.3, -0.25) is 4.99 Å². The quantitative estimate of drug-likeness (QED) is 0.411. The van der Waals surface area contributed by atoms with Crippen LogP contribution in [-0.4, -0.2) is 46.3 Å². The number of nitrogens with two attached hydrogens (primary N) is 2. The molecule has 4 N–H and O–H groups in total. The Balaban J connectivity index is 2.87. The molecule has 0 heterocycles. The lowest BCUT2D eigenvalue weighted by Gasteiger charge is -2.05. The van der Waals surface area contributed by atoms with Gasteiger partial charge < -0.3 is 16.3 Å². The van der Waals surface area contributed by atoms with E-state index in [-0.39, 0.29) is 16.4 Å². The van der Waals surface area contributed by atoms with Gasteiger partial charge in [-0.2, -0.15) is 5.10 Å². The van der Waals surface area contributed by atoms with Crippen molar-refractivity contribution in [2.45, 2.75) is 4.90 Å². The van der Waals surface area contributed by atoms with E-state index in [0.717, 1.165) is 0 Å². The van der Waals surface area contributed by atoms with Gasteiger partial charge in [0.25, 0.3) is 0 Å². The van der Waals surface area contributed by atoms with Crippen molar-refractivity contribution in [3.05, 3.63) is 24.3 Å². The molecule has 8 heteroatoms. The maximum absolute atomic E-state index is 12.2. The largest absolute Gasteiger partial charge is 0.497 e. The van der Waals surface area contributed by atoms with Crippen LogP contribution in [0.25, 0.3) is 0 Å². The van der Waals surface area contributed by atoms with E-state index in [1.807, 2.05) is 0 Å². The fourth-order valence-corrected chi connectivity index (χ4v) is 2.67. The van der Waals surface area contributed by atoms with Gasteiger partial charge in [0.2, 0.25) is 0 Å². The maximum atomic E-state index is 12.2. The van der Waals surface area contributed by atoms with E-state index < -0.39 is 9.84 Å². The third-order valence-electron chi connectivity index (χ3n) is 2.42. The van der Waals surface area contributed by atoms with Crippen LogP contribution in [0.1, 0.15) is 0 Å². The van der Waals surface area contributed by atoms with Gasteiger partial charge in [0.1, 0.15) is 11.5 Å². The number of benzene rings is 1. The minimum absolute atomic E-state index is 0.173. The predicted molar refractivity (Wildman–Crippen MR) is 79.1 cm³/mol. The highest BCUT2D eigenvalue weighted by Gasteiger charge is 2.17. The molecular weight excluding hydrogens is 280 g/mol. The van der Waals surface area contributed by atoms with Crippen molar-refractivity contribution in [2.75, 3.05) is 26.0 Å². The number of rotatable bonds is 7. The van der Waals surface area contributed by atoms with Crippen LogP contribution in [0.3, 0.4) is 0 Å². The van der Waals surface area contributed by atoms with Gasteiger partial charge in [0, 0.05) is 12.8 Å². The molecule has 110 valence electrons. The summed E-state index contributed by atoms with van der Waals surface area (Å²) >= 11 is 0. The Morgan fingerprint density at radius 2 is 2.00 bits per heavy atom. The summed E-state index contributed by atoms with van der Waals surface area (Å²) in [5, 5.41) is 3.43. The molecule has 1 aromatic carbocycles. The molecule has 0 radical (unpaired) electrons. The Bertz CT molecular complexity index is 579. The molecule has 0 aliphatic rings. The number of nitrogens with zero attached hydrogens (tertiary/aromatic N) is 2. The normalized spacial score (nSPS) is 12.8. The predicted octanol–water partition coefficient (Wildman–Crippen LogP) is -0.187. The van der Waals surface area contributed by atoms with E-state index in [2.05, 4.69) is 10.1 Å². The SMILES string of the molecule is COc1ccc(S(=O)(=O)C/C(C=NCCN)=N/N)cc1. The maximum Gasteiger partial charge on any atom is 0.184 e. The second-order valence-corrected chi connectivity index (χ2v) is 5.87. The summed E-state index contributed by atoms with van der Waals surface area (Å²) in [7, 11) is -2.01. The zero-order valence-corrected chi connectivity index (χ0v) is 12.0. The van der Waals surface area contributed by atoms with E-state index in [1.165, 1.54) is 25.5 Å². The zero-order chi connectivity index (χ0) is 15.0. The topological polar surface area (TPSA) is 120 Å². The minimum Gasteiger partial charge on any atom is -0.497 e. The number of hydrogen-bond donors (Lipinski definition) is 2.